The number of hydrogen-bond acceptors (Lipinski definition) is 5. The maximum atomic E-state index is 5.76. The molecule has 0 bridgehead atoms. The van der Waals surface area contributed by atoms with E-state index in [2.05, 4.69) is 28.2 Å². The fourth-order valence-electron chi connectivity index (χ4n) is 2.47. The third-order valence-corrected chi connectivity index (χ3v) is 4.75. The summed E-state index contributed by atoms with van der Waals surface area (Å²) in [4.78, 5) is 9.07. The molecule has 3 aromatic rings. The van der Waals surface area contributed by atoms with E-state index in [0.29, 0.717) is 6.61 Å². The van der Waals surface area contributed by atoms with Gasteiger partial charge in [0.1, 0.15) is 22.3 Å². The molecular weight excluding hydrogens is 344 g/mol. The lowest BCUT2D eigenvalue weighted by atomic mass is 10.1. The molecule has 0 saturated heterocycles. The molecule has 1 aromatic heterocycles. The first kappa shape index (κ1) is 18.3. The standard InChI is InChI=1S/C21H22N2O2S/c1-16-22-20(17-7-4-3-5-8-17)15-21(23-16)26-14-6-13-25-19-11-9-18(24-2)10-12-19/h3-5,7-12,15H,6,13-14H2,1-2H3. The number of ether oxygens (including phenoxy) is 2. The van der Waals surface area contributed by atoms with Gasteiger partial charge in [0.25, 0.3) is 0 Å². The van der Waals surface area contributed by atoms with Crippen molar-refractivity contribution in [1.82, 2.24) is 9.97 Å². The second kappa shape index (κ2) is 9.25. The summed E-state index contributed by atoms with van der Waals surface area (Å²) in [7, 11) is 1.66. The maximum absolute atomic E-state index is 5.76. The second-order valence-electron chi connectivity index (χ2n) is 5.73. The van der Waals surface area contributed by atoms with Gasteiger partial charge in [0.05, 0.1) is 19.4 Å². The molecule has 4 nitrogen and oxygen atoms in total. The van der Waals surface area contributed by atoms with Gasteiger partial charge in [-0.05, 0) is 43.7 Å². The zero-order chi connectivity index (χ0) is 18.2. The first-order valence-electron chi connectivity index (χ1n) is 8.55. The highest BCUT2D eigenvalue weighted by Crippen LogP contribution is 2.23. The normalized spacial score (nSPS) is 10.5. The van der Waals surface area contributed by atoms with Gasteiger partial charge >= 0.3 is 0 Å². The van der Waals surface area contributed by atoms with Crippen molar-refractivity contribution < 1.29 is 9.47 Å². The van der Waals surface area contributed by atoms with Crippen molar-refractivity contribution in [2.75, 3.05) is 19.5 Å². The fourth-order valence-corrected chi connectivity index (χ4v) is 3.33. The number of rotatable bonds is 8. The Labute approximate surface area is 158 Å². The zero-order valence-electron chi connectivity index (χ0n) is 15.0. The molecule has 0 amide bonds. The first-order chi connectivity index (χ1) is 12.7. The Morgan fingerprint density at radius 3 is 2.38 bits per heavy atom. The number of aryl methyl sites for hydroxylation is 1. The Kier molecular flexibility index (Phi) is 6.50. The lowest BCUT2D eigenvalue weighted by Gasteiger charge is -2.08. The monoisotopic (exact) mass is 366 g/mol. The quantitative estimate of drug-likeness (QED) is 0.318. The molecule has 0 fully saturated rings. The van der Waals surface area contributed by atoms with Crippen LogP contribution in [-0.4, -0.2) is 29.4 Å². The number of hydrogen-bond donors (Lipinski definition) is 0. The number of thioether (sulfide) groups is 1. The van der Waals surface area contributed by atoms with Crippen LogP contribution in [0, 0.1) is 6.92 Å². The Hall–Kier alpha value is -2.53. The van der Waals surface area contributed by atoms with E-state index in [9.17, 15) is 0 Å². The van der Waals surface area contributed by atoms with Crippen LogP contribution in [0.25, 0.3) is 11.3 Å². The smallest absolute Gasteiger partial charge is 0.127 e. The van der Waals surface area contributed by atoms with Crippen molar-refractivity contribution in [3.05, 3.63) is 66.5 Å². The van der Waals surface area contributed by atoms with Gasteiger partial charge in [-0.3, -0.25) is 0 Å². The van der Waals surface area contributed by atoms with Crippen molar-refractivity contribution in [2.24, 2.45) is 0 Å². The van der Waals surface area contributed by atoms with Crippen molar-refractivity contribution in [1.29, 1.82) is 0 Å². The van der Waals surface area contributed by atoms with E-state index in [-0.39, 0.29) is 0 Å². The number of nitrogens with zero attached hydrogens (tertiary/aromatic N) is 2. The summed E-state index contributed by atoms with van der Waals surface area (Å²) < 4.78 is 10.9. The van der Waals surface area contributed by atoms with Crippen LogP contribution in [0.2, 0.25) is 0 Å². The van der Waals surface area contributed by atoms with Crippen LogP contribution >= 0.6 is 11.8 Å². The molecule has 3 rings (SSSR count). The average Bonchev–Trinajstić information content (AvgIpc) is 2.68. The molecule has 0 aliphatic carbocycles. The summed E-state index contributed by atoms with van der Waals surface area (Å²) in [6, 6.07) is 19.9. The number of methoxy groups -OCH3 is 1. The SMILES string of the molecule is COc1ccc(OCCCSc2cc(-c3ccccc3)nc(C)n2)cc1. The van der Waals surface area contributed by atoms with Crippen LogP contribution in [0.4, 0.5) is 0 Å². The molecule has 0 spiro atoms. The van der Waals surface area contributed by atoms with E-state index in [4.69, 9.17) is 9.47 Å². The molecule has 134 valence electrons. The van der Waals surface area contributed by atoms with Crippen LogP contribution in [0.3, 0.4) is 0 Å². The minimum absolute atomic E-state index is 0.676. The fraction of sp³-hybridized carbons (Fsp3) is 0.238. The third kappa shape index (κ3) is 5.23. The first-order valence-corrected chi connectivity index (χ1v) is 9.54. The minimum Gasteiger partial charge on any atom is -0.497 e. The highest BCUT2D eigenvalue weighted by Gasteiger charge is 2.05. The van der Waals surface area contributed by atoms with E-state index in [1.165, 1.54) is 0 Å². The predicted octanol–water partition coefficient (Wildman–Crippen LogP) is 5.02. The Bertz CT molecular complexity index is 823. The van der Waals surface area contributed by atoms with Gasteiger partial charge in [0, 0.05) is 11.3 Å². The molecule has 5 heteroatoms. The predicted molar refractivity (Wildman–Crippen MR) is 106 cm³/mol. The summed E-state index contributed by atoms with van der Waals surface area (Å²) >= 11 is 1.73. The van der Waals surface area contributed by atoms with Crippen molar-refractivity contribution in [2.45, 2.75) is 18.4 Å². The molecule has 1 heterocycles. The molecule has 0 aliphatic heterocycles. The lowest BCUT2D eigenvalue weighted by Crippen LogP contribution is -1.99. The zero-order valence-corrected chi connectivity index (χ0v) is 15.8. The Morgan fingerprint density at radius 1 is 0.923 bits per heavy atom. The van der Waals surface area contributed by atoms with E-state index < -0.39 is 0 Å². The minimum atomic E-state index is 0.676. The van der Waals surface area contributed by atoms with Gasteiger partial charge in [0.2, 0.25) is 0 Å². The molecule has 0 saturated carbocycles. The van der Waals surface area contributed by atoms with E-state index in [0.717, 1.165) is 45.8 Å². The van der Waals surface area contributed by atoms with Crippen LogP contribution in [0.5, 0.6) is 11.5 Å². The van der Waals surface area contributed by atoms with E-state index in [1.54, 1.807) is 18.9 Å². The Morgan fingerprint density at radius 2 is 1.65 bits per heavy atom. The maximum Gasteiger partial charge on any atom is 0.127 e. The molecular formula is C21H22N2O2S. The number of benzene rings is 2. The summed E-state index contributed by atoms with van der Waals surface area (Å²) in [6.45, 7) is 2.61. The summed E-state index contributed by atoms with van der Waals surface area (Å²) in [5, 5.41) is 1.00. The third-order valence-electron chi connectivity index (χ3n) is 3.75. The van der Waals surface area contributed by atoms with Crippen LogP contribution in [0.1, 0.15) is 12.2 Å². The highest BCUT2D eigenvalue weighted by atomic mass is 32.2. The van der Waals surface area contributed by atoms with Crippen molar-refractivity contribution >= 4 is 11.8 Å². The number of aromatic nitrogens is 2. The molecule has 0 radical (unpaired) electrons. The van der Waals surface area contributed by atoms with Crippen molar-refractivity contribution in [3.63, 3.8) is 0 Å². The van der Waals surface area contributed by atoms with Gasteiger partial charge in [-0.25, -0.2) is 9.97 Å². The molecule has 0 aliphatic rings. The molecule has 26 heavy (non-hydrogen) atoms. The van der Waals surface area contributed by atoms with Gasteiger partial charge in [-0.15, -0.1) is 11.8 Å². The summed E-state index contributed by atoms with van der Waals surface area (Å²) in [5.74, 6) is 3.44. The highest BCUT2D eigenvalue weighted by molar-refractivity contribution is 7.99. The van der Waals surface area contributed by atoms with Crippen LogP contribution < -0.4 is 9.47 Å². The van der Waals surface area contributed by atoms with Crippen LogP contribution in [-0.2, 0) is 0 Å². The summed E-state index contributed by atoms with van der Waals surface area (Å²) in [5.41, 5.74) is 2.08. The van der Waals surface area contributed by atoms with Gasteiger partial charge in [-0.2, -0.15) is 0 Å². The van der Waals surface area contributed by atoms with Gasteiger partial charge in [-0.1, -0.05) is 30.3 Å². The topological polar surface area (TPSA) is 44.2 Å². The lowest BCUT2D eigenvalue weighted by molar-refractivity contribution is 0.318. The second-order valence-corrected chi connectivity index (χ2v) is 6.85. The Balaban J connectivity index is 1.49. The average molecular weight is 366 g/mol. The van der Waals surface area contributed by atoms with Gasteiger partial charge < -0.3 is 9.47 Å². The summed E-state index contributed by atoms with van der Waals surface area (Å²) in [6.07, 6.45) is 0.945. The molecule has 2 aromatic carbocycles. The van der Waals surface area contributed by atoms with E-state index in [1.807, 2.05) is 49.4 Å². The van der Waals surface area contributed by atoms with Gasteiger partial charge in [0.15, 0.2) is 0 Å². The van der Waals surface area contributed by atoms with Crippen molar-refractivity contribution in [3.8, 4) is 22.8 Å². The van der Waals surface area contributed by atoms with Crippen LogP contribution in [0.15, 0.2) is 65.7 Å². The molecule has 0 unspecified atom stereocenters. The molecule has 0 N–H and O–H groups in total. The largest absolute Gasteiger partial charge is 0.497 e. The molecule has 0 atom stereocenters. The van der Waals surface area contributed by atoms with E-state index >= 15 is 0 Å².